The fourth-order valence-corrected chi connectivity index (χ4v) is 8.29. The molecule has 0 radical (unpaired) electrons. The van der Waals surface area contributed by atoms with Crippen molar-refractivity contribution < 1.29 is 8.83 Å². The third-order valence-corrected chi connectivity index (χ3v) is 10.9. The maximum absolute atomic E-state index is 6.34. The highest BCUT2D eigenvalue weighted by molar-refractivity contribution is 6.15. The summed E-state index contributed by atoms with van der Waals surface area (Å²) in [7, 11) is 0. The molecular weight excluding hydrogens is 651 g/mol. The van der Waals surface area contributed by atoms with Gasteiger partial charge in [0.25, 0.3) is 0 Å². The molecular formula is C48H31N3O2. The third-order valence-electron chi connectivity index (χ3n) is 10.9. The largest absolute Gasteiger partial charge is 0.456 e. The number of nitrogens with zero attached hydrogens (tertiary/aromatic N) is 3. The van der Waals surface area contributed by atoms with E-state index in [2.05, 4.69) is 98.8 Å². The van der Waals surface area contributed by atoms with E-state index in [1.807, 2.05) is 66.7 Å². The number of hydrogen-bond donors (Lipinski definition) is 0. The smallest absolute Gasteiger partial charge is 0.164 e. The lowest BCUT2D eigenvalue weighted by atomic mass is 9.82. The lowest BCUT2D eigenvalue weighted by Crippen LogP contribution is -2.14. The number of furan rings is 2. The van der Waals surface area contributed by atoms with Gasteiger partial charge in [0.1, 0.15) is 22.3 Å². The van der Waals surface area contributed by atoms with Gasteiger partial charge in [0, 0.05) is 43.7 Å². The second-order valence-electron chi connectivity index (χ2n) is 14.4. The number of fused-ring (bicyclic) bond motifs is 10. The molecule has 0 amide bonds. The van der Waals surface area contributed by atoms with Gasteiger partial charge >= 0.3 is 0 Å². The number of aromatic nitrogens is 3. The SMILES string of the molecule is CC1(C)c2ccc(-c3cccc(-c4nc(-c5ccccc5)nc(-c5ccc6oc7ccccc7c6c5)n4)c3)cc2-c2c1ccc1oc3ccccc3c21. The van der Waals surface area contributed by atoms with Crippen molar-refractivity contribution in [2.75, 3.05) is 0 Å². The van der Waals surface area contributed by atoms with Crippen LogP contribution >= 0.6 is 0 Å². The molecule has 0 unspecified atom stereocenters. The van der Waals surface area contributed by atoms with Crippen molar-refractivity contribution in [3.63, 3.8) is 0 Å². The van der Waals surface area contributed by atoms with Crippen LogP contribution in [0.4, 0.5) is 0 Å². The van der Waals surface area contributed by atoms with Gasteiger partial charge in [-0.1, -0.05) is 117 Å². The summed E-state index contributed by atoms with van der Waals surface area (Å²) < 4.78 is 12.5. The number of hydrogen-bond acceptors (Lipinski definition) is 5. The topological polar surface area (TPSA) is 65.0 Å². The predicted octanol–water partition coefficient (Wildman–Crippen LogP) is 12.6. The highest BCUT2D eigenvalue weighted by Gasteiger charge is 2.37. The Labute approximate surface area is 305 Å². The zero-order valence-corrected chi connectivity index (χ0v) is 29.1. The fraction of sp³-hybridized carbons (Fsp3) is 0.0625. The molecule has 7 aromatic carbocycles. The predicted molar refractivity (Wildman–Crippen MR) is 214 cm³/mol. The van der Waals surface area contributed by atoms with E-state index in [1.165, 1.54) is 27.6 Å². The van der Waals surface area contributed by atoms with Crippen LogP contribution in [-0.4, -0.2) is 15.0 Å². The molecule has 1 aliphatic rings. The Morgan fingerprint density at radius 1 is 0.396 bits per heavy atom. The standard InChI is InChI=1S/C48H31N3O2/c1-48(2)37-21-19-30(26-36(37)43-38(48)22-24-42-44(43)34-16-7-9-18-40(34)53-42)29-13-10-14-31(25-29)46-49-45(28-11-4-3-5-12-28)50-47(51-46)32-20-23-41-35(27-32)33-15-6-8-17-39(33)52-41/h3-27H,1-2H3. The van der Waals surface area contributed by atoms with Crippen molar-refractivity contribution in [2.24, 2.45) is 0 Å². The maximum atomic E-state index is 6.34. The van der Waals surface area contributed by atoms with E-state index in [1.54, 1.807) is 0 Å². The van der Waals surface area contributed by atoms with Crippen LogP contribution in [0.2, 0.25) is 0 Å². The van der Waals surface area contributed by atoms with Crippen molar-refractivity contribution >= 4 is 43.9 Å². The second-order valence-corrected chi connectivity index (χ2v) is 14.4. The van der Waals surface area contributed by atoms with Gasteiger partial charge in [-0.25, -0.2) is 15.0 Å². The van der Waals surface area contributed by atoms with Gasteiger partial charge in [0.05, 0.1) is 0 Å². The average Bonchev–Trinajstić information content (AvgIpc) is 3.85. The summed E-state index contributed by atoms with van der Waals surface area (Å²) in [4.78, 5) is 15.2. The van der Waals surface area contributed by atoms with Gasteiger partial charge in [-0.05, 0) is 81.9 Å². The number of benzene rings is 7. The number of para-hydroxylation sites is 2. The quantitative estimate of drug-likeness (QED) is 0.185. The zero-order valence-electron chi connectivity index (χ0n) is 29.1. The molecule has 0 atom stereocenters. The molecule has 1 aliphatic carbocycles. The van der Waals surface area contributed by atoms with E-state index < -0.39 is 0 Å². The minimum absolute atomic E-state index is 0.140. The molecule has 0 saturated carbocycles. The highest BCUT2D eigenvalue weighted by atomic mass is 16.3. The summed E-state index contributed by atoms with van der Waals surface area (Å²) in [5, 5.41) is 4.43. The van der Waals surface area contributed by atoms with E-state index in [0.29, 0.717) is 17.5 Å². The van der Waals surface area contributed by atoms with Crippen LogP contribution in [0.15, 0.2) is 160 Å². The first-order valence-electron chi connectivity index (χ1n) is 17.9. The molecule has 0 saturated heterocycles. The molecule has 0 spiro atoms. The summed E-state index contributed by atoms with van der Waals surface area (Å²) in [6.45, 7) is 4.64. The van der Waals surface area contributed by atoms with E-state index in [-0.39, 0.29) is 5.41 Å². The summed E-state index contributed by atoms with van der Waals surface area (Å²) in [6, 6.07) is 52.5. The van der Waals surface area contributed by atoms with Crippen LogP contribution in [0.1, 0.15) is 25.0 Å². The Hall–Kier alpha value is -6.85. The normalized spacial score (nSPS) is 13.2. The minimum Gasteiger partial charge on any atom is -0.456 e. The Kier molecular flexibility index (Phi) is 6.23. The van der Waals surface area contributed by atoms with Crippen LogP contribution in [0, 0.1) is 0 Å². The fourth-order valence-electron chi connectivity index (χ4n) is 8.29. The van der Waals surface area contributed by atoms with Crippen LogP contribution in [0.3, 0.4) is 0 Å². The Bertz CT molecular complexity index is 3100. The van der Waals surface area contributed by atoms with E-state index in [4.69, 9.17) is 23.8 Å². The van der Waals surface area contributed by atoms with Crippen molar-refractivity contribution in [2.45, 2.75) is 19.3 Å². The van der Waals surface area contributed by atoms with Gasteiger partial charge in [0.2, 0.25) is 0 Å². The lowest BCUT2D eigenvalue weighted by molar-refractivity contribution is 0.656. The molecule has 11 rings (SSSR count). The van der Waals surface area contributed by atoms with Crippen molar-refractivity contribution in [3.8, 4) is 56.4 Å². The summed E-state index contributed by atoms with van der Waals surface area (Å²) >= 11 is 0. The molecule has 0 fully saturated rings. The Morgan fingerprint density at radius 2 is 0.943 bits per heavy atom. The first kappa shape index (κ1) is 29.8. The molecule has 0 aliphatic heterocycles. The maximum Gasteiger partial charge on any atom is 0.164 e. The minimum atomic E-state index is -0.140. The third kappa shape index (κ3) is 4.54. The Morgan fingerprint density at radius 3 is 1.75 bits per heavy atom. The Balaban J connectivity index is 1.06. The van der Waals surface area contributed by atoms with Gasteiger partial charge in [0.15, 0.2) is 17.5 Å². The van der Waals surface area contributed by atoms with Crippen molar-refractivity contribution in [1.82, 2.24) is 15.0 Å². The average molecular weight is 682 g/mol. The van der Waals surface area contributed by atoms with Crippen LogP contribution in [0.25, 0.3) is 100 Å². The van der Waals surface area contributed by atoms with Crippen LogP contribution < -0.4 is 0 Å². The second kappa shape index (κ2) is 11.1. The van der Waals surface area contributed by atoms with Gasteiger partial charge in [-0.2, -0.15) is 0 Å². The molecule has 10 aromatic rings. The van der Waals surface area contributed by atoms with Gasteiger partial charge in [-0.3, -0.25) is 0 Å². The monoisotopic (exact) mass is 681 g/mol. The highest BCUT2D eigenvalue weighted by Crippen LogP contribution is 2.53. The van der Waals surface area contributed by atoms with Crippen molar-refractivity contribution in [1.29, 1.82) is 0 Å². The van der Waals surface area contributed by atoms with E-state index in [0.717, 1.165) is 66.3 Å². The summed E-state index contributed by atoms with van der Waals surface area (Å²) in [6.07, 6.45) is 0. The molecule has 53 heavy (non-hydrogen) atoms. The van der Waals surface area contributed by atoms with Crippen LogP contribution in [0.5, 0.6) is 0 Å². The lowest BCUT2D eigenvalue weighted by Gasteiger charge is -2.21. The summed E-state index contributed by atoms with van der Waals surface area (Å²) in [5.74, 6) is 1.85. The molecule has 0 N–H and O–H groups in total. The van der Waals surface area contributed by atoms with Crippen molar-refractivity contribution in [3.05, 3.63) is 163 Å². The summed E-state index contributed by atoms with van der Waals surface area (Å²) in [5.41, 5.74) is 13.5. The zero-order chi connectivity index (χ0) is 35.3. The van der Waals surface area contributed by atoms with E-state index >= 15 is 0 Å². The molecule has 250 valence electrons. The molecule has 3 aromatic heterocycles. The number of rotatable bonds is 4. The van der Waals surface area contributed by atoms with Crippen LogP contribution in [-0.2, 0) is 5.41 Å². The first-order valence-corrected chi connectivity index (χ1v) is 17.9. The molecule has 5 heteroatoms. The van der Waals surface area contributed by atoms with Gasteiger partial charge in [-0.15, -0.1) is 0 Å². The van der Waals surface area contributed by atoms with Gasteiger partial charge < -0.3 is 8.83 Å². The van der Waals surface area contributed by atoms with E-state index in [9.17, 15) is 0 Å². The first-order chi connectivity index (χ1) is 26.0. The molecule has 0 bridgehead atoms. The molecule has 5 nitrogen and oxygen atoms in total. The molecule has 3 heterocycles.